The van der Waals surface area contributed by atoms with Gasteiger partial charge in [0.25, 0.3) is 0 Å². The monoisotopic (exact) mass is 392 g/mol. The molecular formula is C23H44N4O. The second-order valence-corrected chi connectivity index (χ2v) is 10.3. The normalized spacial score (nSPS) is 40.2. The number of amides is 1. The van der Waals surface area contributed by atoms with Gasteiger partial charge in [-0.3, -0.25) is 4.79 Å². The zero-order valence-electron chi connectivity index (χ0n) is 18.6. The van der Waals surface area contributed by atoms with Gasteiger partial charge in [0.05, 0.1) is 0 Å². The van der Waals surface area contributed by atoms with E-state index in [0.717, 1.165) is 45.1 Å². The second-order valence-electron chi connectivity index (χ2n) is 10.3. The molecule has 5 nitrogen and oxygen atoms in total. The van der Waals surface area contributed by atoms with Crippen molar-refractivity contribution in [3.63, 3.8) is 0 Å². The van der Waals surface area contributed by atoms with Crippen molar-refractivity contribution in [3.8, 4) is 0 Å². The van der Waals surface area contributed by atoms with Crippen LogP contribution in [0.1, 0.15) is 59.8 Å². The number of rotatable bonds is 6. The molecule has 2 aliphatic heterocycles. The van der Waals surface area contributed by atoms with E-state index in [1.165, 1.54) is 25.7 Å². The van der Waals surface area contributed by atoms with E-state index < -0.39 is 0 Å². The molecule has 3 aliphatic rings. The molecule has 3 fully saturated rings. The van der Waals surface area contributed by atoms with E-state index in [4.69, 9.17) is 0 Å². The Labute approximate surface area is 172 Å². The van der Waals surface area contributed by atoms with Crippen LogP contribution in [0.25, 0.3) is 0 Å². The van der Waals surface area contributed by atoms with Gasteiger partial charge in [-0.05, 0) is 88.3 Å². The molecule has 0 aromatic rings. The van der Waals surface area contributed by atoms with Crippen LogP contribution >= 0.6 is 0 Å². The third-order valence-corrected chi connectivity index (χ3v) is 7.84. The van der Waals surface area contributed by atoms with Crippen LogP contribution in [0.4, 0.5) is 0 Å². The standard InChI is InChI=1S/C23H44N4O/c1-15-9-21(23(28)27-14-20-13-25-17(3)11-16(20)2)18(4)22(10-15)26-12-19-5-7-24-8-6-19/h15-22,24-26H,5-14H2,1-4H3,(H,27,28). The predicted molar refractivity (Wildman–Crippen MR) is 116 cm³/mol. The lowest BCUT2D eigenvalue weighted by Gasteiger charge is -2.40. The minimum atomic E-state index is 0.153. The summed E-state index contributed by atoms with van der Waals surface area (Å²) in [7, 11) is 0. The van der Waals surface area contributed by atoms with E-state index >= 15 is 0 Å². The van der Waals surface area contributed by atoms with Crippen LogP contribution in [0.15, 0.2) is 0 Å². The molecule has 0 spiro atoms. The van der Waals surface area contributed by atoms with Gasteiger partial charge in [0.2, 0.25) is 5.91 Å². The van der Waals surface area contributed by atoms with Crippen LogP contribution < -0.4 is 21.3 Å². The fraction of sp³-hybridized carbons (Fsp3) is 0.957. The Kier molecular flexibility index (Phi) is 8.19. The number of hydrogen-bond acceptors (Lipinski definition) is 4. The SMILES string of the molecule is CC1CC(NCC2CCNCC2)C(C)C(C(=O)NCC2CNC(C)CC2C)C1. The summed E-state index contributed by atoms with van der Waals surface area (Å²) in [5, 5.41) is 14.2. The van der Waals surface area contributed by atoms with Crippen molar-refractivity contribution in [2.24, 2.45) is 35.5 Å². The first-order chi connectivity index (χ1) is 13.4. The number of nitrogens with one attached hydrogen (secondary N) is 4. The predicted octanol–water partition coefficient (Wildman–Crippen LogP) is 2.38. The van der Waals surface area contributed by atoms with Crippen molar-refractivity contribution < 1.29 is 4.79 Å². The summed E-state index contributed by atoms with van der Waals surface area (Å²) in [4.78, 5) is 13.1. The molecule has 1 aliphatic carbocycles. The lowest BCUT2D eigenvalue weighted by Crippen LogP contribution is -2.51. The highest BCUT2D eigenvalue weighted by molar-refractivity contribution is 5.79. The molecule has 2 heterocycles. The summed E-state index contributed by atoms with van der Waals surface area (Å²) >= 11 is 0. The van der Waals surface area contributed by atoms with Gasteiger partial charge >= 0.3 is 0 Å². The van der Waals surface area contributed by atoms with Crippen LogP contribution in [0.3, 0.4) is 0 Å². The Morgan fingerprint density at radius 3 is 2.46 bits per heavy atom. The molecule has 7 unspecified atom stereocenters. The molecule has 1 saturated carbocycles. The molecule has 0 aromatic carbocycles. The lowest BCUT2D eigenvalue weighted by atomic mass is 9.71. The van der Waals surface area contributed by atoms with Crippen molar-refractivity contribution in [2.45, 2.75) is 71.9 Å². The molecule has 7 atom stereocenters. The quantitative estimate of drug-likeness (QED) is 0.560. The van der Waals surface area contributed by atoms with Gasteiger partial charge < -0.3 is 21.3 Å². The number of hydrogen-bond donors (Lipinski definition) is 4. The lowest BCUT2D eigenvalue weighted by molar-refractivity contribution is -0.129. The zero-order valence-corrected chi connectivity index (χ0v) is 18.6. The van der Waals surface area contributed by atoms with Crippen LogP contribution in [-0.4, -0.2) is 50.7 Å². The van der Waals surface area contributed by atoms with Crippen LogP contribution in [-0.2, 0) is 4.79 Å². The molecule has 5 heteroatoms. The van der Waals surface area contributed by atoms with E-state index in [1.54, 1.807) is 0 Å². The molecule has 28 heavy (non-hydrogen) atoms. The minimum Gasteiger partial charge on any atom is -0.356 e. The highest BCUT2D eigenvalue weighted by Gasteiger charge is 2.38. The van der Waals surface area contributed by atoms with Gasteiger partial charge in [0, 0.05) is 31.1 Å². The van der Waals surface area contributed by atoms with E-state index in [-0.39, 0.29) is 5.92 Å². The van der Waals surface area contributed by atoms with E-state index in [0.29, 0.717) is 41.7 Å². The molecular weight excluding hydrogens is 348 g/mol. The molecule has 4 N–H and O–H groups in total. The van der Waals surface area contributed by atoms with Gasteiger partial charge in [0.15, 0.2) is 0 Å². The number of carbonyl (C=O) groups is 1. The Morgan fingerprint density at radius 1 is 1.00 bits per heavy atom. The van der Waals surface area contributed by atoms with Crippen molar-refractivity contribution in [2.75, 3.05) is 32.7 Å². The van der Waals surface area contributed by atoms with Gasteiger partial charge in [-0.25, -0.2) is 0 Å². The van der Waals surface area contributed by atoms with E-state index in [2.05, 4.69) is 49.0 Å². The third-order valence-electron chi connectivity index (χ3n) is 7.84. The zero-order chi connectivity index (χ0) is 20.1. The summed E-state index contributed by atoms with van der Waals surface area (Å²) in [6.45, 7) is 14.5. The maximum Gasteiger partial charge on any atom is 0.223 e. The maximum absolute atomic E-state index is 13.1. The van der Waals surface area contributed by atoms with Gasteiger partial charge in [-0.15, -0.1) is 0 Å². The smallest absolute Gasteiger partial charge is 0.223 e. The van der Waals surface area contributed by atoms with Crippen LogP contribution in [0, 0.1) is 35.5 Å². The maximum atomic E-state index is 13.1. The Morgan fingerprint density at radius 2 is 1.75 bits per heavy atom. The summed E-state index contributed by atoms with van der Waals surface area (Å²) in [5.41, 5.74) is 0. The minimum absolute atomic E-state index is 0.153. The molecule has 0 aromatic heterocycles. The summed E-state index contributed by atoms with van der Waals surface area (Å²) in [6.07, 6.45) is 6.01. The fourth-order valence-corrected chi connectivity index (χ4v) is 5.72. The number of piperidine rings is 2. The Balaban J connectivity index is 1.48. The molecule has 1 amide bonds. The summed E-state index contributed by atoms with van der Waals surface area (Å²) in [6, 6.07) is 1.08. The summed E-state index contributed by atoms with van der Waals surface area (Å²) < 4.78 is 0. The molecule has 2 saturated heterocycles. The Hall–Kier alpha value is -0.650. The van der Waals surface area contributed by atoms with Crippen molar-refractivity contribution >= 4 is 5.91 Å². The van der Waals surface area contributed by atoms with Crippen LogP contribution in [0.2, 0.25) is 0 Å². The second kappa shape index (κ2) is 10.4. The fourth-order valence-electron chi connectivity index (χ4n) is 5.72. The van der Waals surface area contributed by atoms with Crippen molar-refractivity contribution in [1.29, 1.82) is 0 Å². The van der Waals surface area contributed by atoms with Crippen LogP contribution in [0.5, 0.6) is 0 Å². The number of carbonyl (C=O) groups excluding carboxylic acids is 1. The van der Waals surface area contributed by atoms with Gasteiger partial charge in [-0.2, -0.15) is 0 Å². The first kappa shape index (κ1) is 22.0. The molecule has 3 rings (SSSR count). The van der Waals surface area contributed by atoms with Gasteiger partial charge in [-0.1, -0.05) is 20.8 Å². The first-order valence-electron chi connectivity index (χ1n) is 11.9. The third kappa shape index (κ3) is 5.93. The van der Waals surface area contributed by atoms with Crippen molar-refractivity contribution in [3.05, 3.63) is 0 Å². The average Bonchev–Trinajstić information content (AvgIpc) is 2.68. The largest absolute Gasteiger partial charge is 0.356 e. The topological polar surface area (TPSA) is 65.2 Å². The highest BCUT2D eigenvalue weighted by atomic mass is 16.1. The molecule has 162 valence electrons. The van der Waals surface area contributed by atoms with E-state index in [1.807, 2.05) is 0 Å². The molecule has 0 radical (unpaired) electrons. The summed E-state index contributed by atoms with van der Waals surface area (Å²) in [5.74, 6) is 3.51. The first-order valence-corrected chi connectivity index (χ1v) is 11.9. The van der Waals surface area contributed by atoms with E-state index in [9.17, 15) is 4.79 Å². The van der Waals surface area contributed by atoms with Crippen molar-refractivity contribution in [1.82, 2.24) is 21.3 Å². The van der Waals surface area contributed by atoms with Gasteiger partial charge in [0.1, 0.15) is 0 Å². The average molecular weight is 393 g/mol. The Bertz CT molecular complexity index is 493. The highest BCUT2D eigenvalue weighted by Crippen LogP contribution is 2.34. The molecule has 0 bridgehead atoms.